The fraction of sp³-hybridized carbons (Fsp3) is 0.250. The number of rotatable bonds is 11. The normalized spacial score (nSPS) is 11.6. The molecule has 0 aliphatic heterocycles. The fourth-order valence-electron chi connectivity index (χ4n) is 5.36. The van der Waals surface area contributed by atoms with Crippen molar-refractivity contribution in [1.29, 1.82) is 0 Å². The minimum Gasteiger partial charge on any atom is -0.504 e. The van der Waals surface area contributed by atoms with Crippen LogP contribution in [0.1, 0.15) is 30.5 Å². The van der Waals surface area contributed by atoms with Gasteiger partial charge in [-0.1, -0.05) is 18.2 Å². The average molecular weight is 808 g/mol. The maximum Gasteiger partial charge on any atom is 0.239 e. The highest BCUT2D eigenvalue weighted by molar-refractivity contribution is 14.1. The van der Waals surface area contributed by atoms with Crippen LogP contribution in [-0.2, 0) is 27.0 Å². The van der Waals surface area contributed by atoms with Crippen molar-refractivity contribution in [2.24, 2.45) is 0 Å². The van der Waals surface area contributed by atoms with E-state index in [-0.39, 0.29) is 12.2 Å². The van der Waals surface area contributed by atoms with Crippen LogP contribution in [0, 0.1) is 10.5 Å². The zero-order valence-electron chi connectivity index (χ0n) is 25.0. The lowest BCUT2D eigenvalue weighted by Crippen LogP contribution is -2.32. The van der Waals surface area contributed by atoms with Gasteiger partial charge in [0, 0.05) is 30.8 Å². The highest BCUT2D eigenvalue weighted by Crippen LogP contribution is 2.50. The molecule has 0 fully saturated rings. The summed E-state index contributed by atoms with van der Waals surface area (Å²) in [5.41, 5.74) is 3.71. The number of ether oxygens (including phenoxy) is 3. The van der Waals surface area contributed by atoms with Crippen molar-refractivity contribution < 1.29 is 32.5 Å². The number of fused-ring (bicyclic) bond motifs is 3. The number of nitrogens with zero attached hydrogens (tertiary/aromatic N) is 1. The highest BCUT2D eigenvalue weighted by atomic mass is 127. The minimum atomic E-state index is -4.00. The summed E-state index contributed by atoms with van der Waals surface area (Å²) in [4.78, 5) is 20.7. The summed E-state index contributed by atoms with van der Waals surface area (Å²) in [5, 5.41) is 13.3. The predicted octanol–water partition coefficient (Wildman–Crippen LogP) is 6.76. The molecule has 3 N–H and O–H groups in total. The van der Waals surface area contributed by atoms with Crippen molar-refractivity contribution in [2.45, 2.75) is 32.9 Å². The topological polar surface area (TPSA) is 140 Å². The molecule has 0 saturated carbocycles. The lowest BCUT2D eigenvalue weighted by Gasteiger charge is -2.14. The van der Waals surface area contributed by atoms with Crippen LogP contribution in [0.4, 0.5) is 0 Å². The maximum atomic E-state index is 13.0. The summed E-state index contributed by atoms with van der Waals surface area (Å²) in [5.74, 6) is 0.139. The predicted molar refractivity (Wildman–Crippen MR) is 186 cm³/mol. The van der Waals surface area contributed by atoms with Crippen molar-refractivity contribution in [3.63, 3.8) is 0 Å². The molecule has 3 aromatic carbocycles. The molecule has 45 heavy (non-hydrogen) atoms. The first kappa shape index (κ1) is 32.8. The molecule has 5 aromatic rings. The quantitative estimate of drug-likeness (QED) is 0.125. The van der Waals surface area contributed by atoms with Gasteiger partial charge in [0.2, 0.25) is 21.8 Å². The smallest absolute Gasteiger partial charge is 0.239 e. The second kappa shape index (κ2) is 13.4. The number of aromatic nitrogens is 2. The molecule has 13 heteroatoms. The fourth-order valence-corrected chi connectivity index (χ4v) is 7.35. The van der Waals surface area contributed by atoms with Crippen molar-refractivity contribution in [2.75, 3.05) is 20.3 Å². The van der Waals surface area contributed by atoms with E-state index in [9.17, 15) is 18.3 Å². The Morgan fingerprint density at radius 1 is 1.09 bits per heavy atom. The number of sulfonamides is 1. The van der Waals surface area contributed by atoms with Crippen LogP contribution in [0.25, 0.3) is 32.9 Å². The van der Waals surface area contributed by atoms with Gasteiger partial charge in [-0.15, -0.1) is 0 Å². The lowest BCUT2D eigenvalue weighted by atomic mass is 9.98. The number of methoxy groups -OCH3 is 1. The van der Waals surface area contributed by atoms with E-state index >= 15 is 0 Å². The second-order valence-corrected chi connectivity index (χ2v) is 14.1. The molecule has 0 aliphatic carbocycles. The van der Waals surface area contributed by atoms with Crippen LogP contribution >= 0.6 is 38.5 Å². The average Bonchev–Trinajstić information content (AvgIpc) is 3.34. The number of halogens is 2. The number of pyridine rings is 1. The number of phenolic OH excluding ortho intramolecular Hbond substituents is 1. The third-order valence-electron chi connectivity index (χ3n) is 7.11. The lowest BCUT2D eigenvalue weighted by molar-refractivity contribution is -0.118. The van der Waals surface area contributed by atoms with Gasteiger partial charge in [0.1, 0.15) is 5.75 Å². The van der Waals surface area contributed by atoms with Gasteiger partial charge >= 0.3 is 0 Å². The van der Waals surface area contributed by atoms with Crippen LogP contribution in [0.2, 0.25) is 0 Å². The molecule has 236 valence electrons. The maximum absolute atomic E-state index is 13.0. The van der Waals surface area contributed by atoms with Crippen LogP contribution in [-0.4, -0.2) is 49.7 Å². The summed E-state index contributed by atoms with van der Waals surface area (Å²) in [6.07, 6.45) is 1.53. The van der Waals surface area contributed by atoms with E-state index in [1.807, 2.05) is 32.9 Å². The van der Waals surface area contributed by atoms with Gasteiger partial charge < -0.3 is 24.3 Å². The van der Waals surface area contributed by atoms with E-state index in [1.54, 1.807) is 36.5 Å². The molecule has 0 radical (unpaired) electrons. The van der Waals surface area contributed by atoms with Crippen LogP contribution < -0.4 is 18.9 Å². The van der Waals surface area contributed by atoms with Crippen LogP contribution in [0.5, 0.6) is 23.1 Å². The summed E-state index contributed by atoms with van der Waals surface area (Å²) in [7, 11) is -2.50. The molecule has 0 aliphatic rings. The number of aryl methyl sites for hydroxylation is 1. The largest absolute Gasteiger partial charge is 0.504 e. The van der Waals surface area contributed by atoms with Gasteiger partial charge in [0.25, 0.3) is 0 Å². The number of H-pyrrole nitrogens is 1. The number of aromatic amines is 1. The Labute approximate surface area is 282 Å². The van der Waals surface area contributed by atoms with Gasteiger partial charge in [-0.25, -0.2) is 8.42 Å². The number of hydrogen-bond acceptors (Lipinski definition) is 8. The third-order valence-corrected chi connectivity index (χ3v) is 9.47. The number of phenols is 1. The summed E-state index contributed by atoms with van der Waals surface area (Å²) >= 11 is 5.58. The molecule has 0 atom stereocenters. The zero-order valence-corrected chi connectivity index (χ0v) is 29.5. The SMILES string of the molecule is CCOc1c(O)c2c(-c3ccc(CS(=O)(=O)NC(=O)Cc4cc(I)ccc4OC)cc3C)[nH]c(OCC)c2c2ncc(Br)cc12. The van der Waals surface area contributed by atoms with Crippen molar-refractivity contribution in [3.05, 3.63) is 73.4 Å². The number of aromatic hydroxyl groups is 1. The van der Waals surface area contributed by atoms with Crippen LogP contribution in [0.3, 0.4) is 0 Å². The summed E-state index contributed by atoms with van der Waals surface area (Å²) in [6.45, 7) is 6.25. The minimum absolute atomic E-state index is 0.0602. The first-order chi connectivity index (χ1) is 21.5. The van der Waals surface area contributed by atoms with Crippen molar-refractivity contribution >= 4 is 76.1 Å². The van der Waals surface area contributed by atoms with E-state index in [4.69, 9.17) is 14.2 Å². The molecule has 0 saturated heterocycles. The Kier molecular flexibility index (Phi) is 9.80. The summed E-state index contributed by atoms with van der Waals surface area (Å²) < 4.78 is 46.9. The Morgan fingerprint density at radius 2 is 1.84 bits per heavy atom. The molecule has 0 bridgehead atoms. The van der Waals surface area contributed by atoms with Gasteiger partial charge in [-0.3, -0.25) is 14.5 Å². The number of amides is 1. The number of hydrogen-bond donors (Lipinski definition) is 3. The van der Waals surface area contributed by atoms with Gasteiger partial charge in [-0.05, 0) is 94.7 Å². The molecule has 0 spiro atoms. The first-order valence-electron chi connectivity index (χ1n) is 14.0. The third kappa shape index (κ3) is 6.84. The number of nitrogens with one attached hydrogen (secondary N) is 2. The molecular weight excluding hydrogens is 777 g/mol. The number of carbonyl (C=O) groups is 1. The van der Waals surface area contributed by atoms with Crippen molar-refractivity contribution in [1.82, 2.24) is 14.7 Å². The molecule has 10 nitrogen and oxygen atoms in total. The van der Waals surface area contributed by atoms with E-state index < -0.39 is 21.7 Å². The van der Waals surface area contributed by atoms with Gasteiger partial charge in [-0.2, -0.15) is 0 Å². The molecular formula is C32H31BrIN3O7S. The Morgan fingerprint density at radius 3 is 2.53 bits per heavy atom. The van der Waals surface area contributed by atoms with E-state index in [0.717, 1.165) is 19.2 Å². The number of carbonyl (C=O) groups excluding carboxylic acids is 1. The Bertz CT molecular complexity index is 2050. The first-order valence-corrected chi connectivity index (χ1v) is 17.6. The van der Waals surface area contributed by atoms with E-state index in [1.165, 1.54) is 7.11 Å². The molecule has 2 heterocycles. The Hall–Kier alpha value is -3.56. The zero-order chi connectivity index (χ0) is 32.5. The van der Waals surface area contributed by atoms with E-state index in [2.05, 4.69) is 53.2 Å². The highest BCUT2D eigenvalue weighted by Gasteiger charge is 2.26. The molecule has 5 rings (SSSR count). The second-order valence-electron chi connectivity index (χ2n) is 10.2. The van der Waals surface area contributed by atoms with E-state index in [0.29, 0.717) is 69.1 Å². The molecule has 2 aromatic heterocycles. The molecule has 0 unspecified atom stereocenters. The number of benzene rings is 3. The Balaban J connectivity index is 1.49. The van der Waals surface area contributed by atoms with Gasteiger partial charge in [0.15, 0.2) is 11.5 Å². The van der Waals surface area contributed by atoms with Crippen molar-refractivity contribution in [3.8, 4) is 34.4 Å². The van der Waals surface area contributed by atoms with Crippen LogP contribution in [0.15, 0.2) is 53.1 Å². The van der Waals surface area contributed by atoms with Gasteiger partial charge in [0.05, 0.1) is 54.5 Å². The monoisotopic (exact) mass is 807 g/mol. The standard InChI is InChI=1S/C32H31BrIN3O7S/c1-5-43-31-23-14-20(33)15-35-28(23)27-26(30(31)39)29(36-32(27)44-6-2)22-9-7-18(11-17(22)3)16-45(40,41)37-25(38)13-19-12-21(34)8-10-24(19)42-4/h7-12,14-15,36,39H,5-6,13,16H2,1-4H3,(H,37,38). The summed E-state index contributed by atoms with van der Waals surface area (Å²) in [6, 6.07) is 12.4. The molecule has 1 amide bonds.